The number of nitro benzene ring substituents is 1. The van der Waals surface area contributed by atoms with E-state index in [4.69, 9.17) is 0 Å². The Morgan fingerprint density at radius 1 is 1.32 bits per heavy atom. The fourth-order valence-electron chi connectivity index (χ4n) is 1.71. The highest BCUT2D eigenvalue weighted by atomic mass is 19.4. The first-order valence-electron chi connectivity index (χ1n) is 4.83. The number of benzene rings is 1. The number of fused-ring (bicyclic) bond motifs is 1. The van der Waals surface area contributed by atoms with Crippen LogP contribution in [0.2, 0.25) is 0 Å². The molecule has 10 heteroatoms. The lowest BCUT2D eigenvalue weighted by molar-refractivity contribution is -0.387. The van der Waals surface area contributed by atoms with Crippen molar-refractivity contribution < 1.29 is 22.5 Å². The maximum Gasteiger partial charge on any atom is 0.393 e. The van der Waals surface area contributed by atoms with Crippen LogP contribution in [-0.2, 0) is 6.42 Å². The highest BCUT2D eigenvalue weighted by molar-refractivity contribution is 5.81. The number of rotatable bonds is 2. The first-order chi connectivity index (χ1) is 8.69. The average molecular weight is 279 g/mol. The number of aromatic amines is 2. The fourth-order valence-corrected chi connectivity index (χ4v) is 1.71. The summed E-state index contributed by atoms with van der Waals surface area (Å²) in [6.07, 6.45) is -6.48. The van der Waals surface area contributed by atoms with Gasteiger partial charge < -0.3 is 9.97 Å². The second kappa shape index (κ2) is 4.07. The maximum atomic E-state index is 13.7. The molecule has 0 saturated heterocycles. The number of hydrogen-bond donors (Lipinski definition) is 2. The summed E-state index contributed by atoms with van der Waals surface area (Å²) < 4.78 is 50.8. The van der Waals surface area contributed by atoms with E-state index in [1.807, 2.05) is 4.98 Å². The molecule has 2 N–H and O–H groups in total. The van der Waals surface area contributed by atoms with E-state index in [9.17, 15) is 32.5 Å². The third kappa shape index (κ3) is 2.41. The first kappa shape index (κ1) is 13.1. The van der Waals surface area contributed by atoms with Gasteiger partial charge in [0, 0.05) is 11.6 Å². The molecule has 0 unspecified atom stereocenters. The van der Waals surface area contributed by atoms with E-state index in [-0.39, 0.29) is 5.52 Å². The zero-order chi connectivity index (χ0) is 14.4. The molecule has 19 heavy (non-hydrogen) atoms. The Hall–Kier alpha value is -2.39. The number of nitrogens with one attached hydrogen (secondary N) is 2. The topological polar surface area (TPSA) is 91.8 Å². The van der Waals surface area contributed by atoms with Crippen molar-refractivity contribution in [3.63, 3.8) is 0 Å². The number of nitrogens with zero attached hydrogens (tertiary/aromatic N) is 1. The van der Waals surface area contributed by atoms with Gasteiger partial charge in [-0.3, -0.25) is 10.1 Å². The molecule has 2 aromatic rings. The van der Waals surface area contributed by atoms with Gasteiger partial charge in [0.2, 0.25) is 5.82 Å². The summed E-state index contributed by atoms with van der Waals surface area (Å²) in [6, 6.07) is 0.669. The van der Waals surface area contributed by atoms with Crippen LogP contribution in [0, 0.1) is 15.9 Å². The van der Waals surface area contributed by atoms with Gasteiger partial charge in [-0.1, -0.05) is 0 Å². The van der Waals surface area contributed by atoms with Crippen molar-refractivity contribution in [2.75, 3.05) is 0 Å². The van der Waals surface area contributed by atoms with Crippen molar-refractivity contribution in [3.05, 3.63) is 38.0 Å². The van der Waals surface area contributed by atoms with Gasteiger partial charge in [0.1, 0.15) is 0 Å². The Morgan fingerprint density at radius 3 is 2.47 bits per heavy atom. The van der Waals surface area contributed by atoms with Crippen LogP contribution < -0.4 is 5.69 Å². The quantitative estimate of drug-likeness (QED) is 0.500. The number of nitro groups is 1. The van der Waals surface area contributed by atoms with Crippen LogP contribution in [-0.4, -0.2) is 21.1 Å². The van der Waals surface area contributed by atoms with E-state index in [2.05, 4.69) is 4.98 Å². The highest BCUT2D eigenvalue weighted by Gasteiger charge is 2.33. The molecule has 0 aliphatic carbocycles. The van der Waals surface area contributed by atoms with Gasteiger partial charge in [0.05, 0.1) is 22.4 Å². The van der Waals surface area contributed by atoms with Gasteiger partial charge in [-0.2, -0.15) is 17.6 Å². The molecule has 102 valence electrons. The Morgan fingerprint density at radius 2 is 1.95 bits per heavy atom. The van der Waals surface area contributed by atoms with Gasteiger partial charge in [0.25, 0.3) is 0 Å². The van der Waals surface area contributed by atoms with E-state index >= 15 is 0 Å². The number of H-pyrrole nitrogens is 2. The lowest BCUT2D eigenvalue weighted by atomic mass is 10.1. The summed E-state index contributed by atoms with van der Waals surface area (Å²) in [5.41, 5.74) is -3.64. The van der Waals surface area contributed by atoms with Gasteiger partial charge in [-0.05, 0) is 0 Å². The molecule has 1 aromatic heterocycles. The summed E-state index contributed by atoms with van der Waals surface area (Å²) in [5.74, 6) is -1.61. The summed E-state index contributed by atoms with van der Waals surface area (Å²) in [5, 5.41) is 10.6. The molecule has 0 atom stereocenters. The van der Waals surface area contributed by atoms with E-state index in [1.165, 1.54) is 0 Å². The van der Waals surface area contributed by atoms with Crippen LogP contribution >= 0.6 is 0 Å². The molecule has 1 heterocycles. The van der Waals surface area contributed by atoms with Gasteiger partial charge in [-0.15, -0.1) is 0 Å². The lowest BCUT2D eigenvalue weighted by Gasteiger charge is -2.08. The van der Waals surface area contributed by atoms with E-state index < -0.39 is 45.8 Å². The molecular formula is C9H5F4N3O3. The third-order valence-electron chi connectivity index (χ3n) is 2.40. The number of alkyl halides is 3. The summed E-state index contributed by atoms with van der Waals surface area (Å²) in [4.78, 5) is 24.5. The number of imidazole rings is 1. The van der Waals surface area contributed by atoms with Crippen LogP contribution in [0.25, 0.3) is 11.0 Å². The Balaban J connectivity index is 2.80. The molecular weight excluding hydrogens is 274 g/mol. The Labute approximate surface area is 101 Å². The summed E-state index contributed by atoms with van der Waals surface area (Å²) >= 11 is 0. The average Bonchev–Trinajstić information content (AvgIpc) is 2.61. The monoisotopic (exact) mass is 279 g/mol. The normalized spacial score (nSPS) is 12.0. The maximum absolute atomic E-state index is 13.7. The summed E-state index contributed by atoms with van der Waals surface area (Å²) in [6.45, 7) is 0. The minimum atomic E-state index is -4.77. The van der Waals surface area contributed by atoms with Crippen molar-refractivity contribution >= 4 is 16.7 Å². The molecule has 0 saturated carbocycles. The van der Waals surface area contributed by atoms with Crippen LogP contribution in [0.15, 0.2) is 10.9 Å². The minimum absolute atomic E-state index is 0.252. The molecule has 0 bridgehead atoms. The lowest BCUT2D eigenvalue weighted by Crippen LogP contribution is -2.14. The van der Waals surface area contributed by atoms with Gasteiger partial charge in [0.15, 0.2) is 0 Å². The van der Waals surface area contributed by atoms with Crippen molar-refractivity contribution in [2.24, 2.45) is 0 Å². The van der Waals surface area contributed by atoms with Crippen molar-refractivity contribution in [2.45, 2.75) is 12.6 Å². The van der Waals surface area contributed by atoms with Crippen molar-refractivity contribution in [1.29, 1.82) is 0 Å². The Bertz CT molecular complexity index is 716. The van der Waals surface area contributed by atoms with Crippen LogP contribution in [0.1, 0.15) is 5.56 Å². The van der Waals surface area contributed by atoms with Gasteiger partial charge >= 0.3 is 17.6 Å². The first-order valence-corrected chi connectivity index (χ1v) is 4.83. The van der Waals surface area contributed by atoms with E-state index in [0.29, 0.717) is 6.07 Å². The zero-order valence-corrected chi connectivity index (χ0v) is 8.97. The largest absolute Gasteiger partial charge is 0.393 e. The van der Waals surface area contributed by atoms with Gasteiger partial charge in [-0.25, -0.2) is 4.79 Å². The molecule has 0 amide bonds. The molecule has 2 rings (SSSR count). The predicted molar refractivity (Wildman–Crippen MR) is 55.3 cm³/mol. The van der Waals surface area contributed by atoms with Crippen LogP contribution in [0.5, 0.6) is 0 Å². The predicted octanol–water partition coefficient (Wildman–Crippen LogP) is 2.01. The standard InChI is InChI=1S/C9H5F4N3O3/c10-6-3(2-9(11,12)13)7-4(14-8(17)15-7)1-5(6)16(18)19/h1H,2H2,(H2,14,15,17). The second-order valence-corrected chi connectivity index (χ2v) is 3.74. The third-order valence-corrected chi connectivity index (χ3v) is 2.40. The fraction of sp³-hybridized carbons (Fsp3) is 0.222. The minimum Gasteiger partial charge on any atom is -0.305 e. The van der Waals surface area contributed by atoms with Crippen LogP contribution in [0.4, 0.5) is 23.2 Å². The highest BCUT2D eigenvalue weighted by Crippen LogP contribution is 2.31. The number of aromatic nitrogens is 2. The van der Waals surface area contributed by atoms with Crippen molar-refractivity contribution in [3.8, 4) is 0 Å². The molecule has 1 aromatic carbocycles. The van der Waals surface area contributed by atoms with E-state index in [0.717, 1.165) is 0 Å². The van der Waals surface area contributed by atoms with Crippen LogP contribution in [0.3, 0.4) is 0 Å². The smallest absolute Gasteiger partial charge is 0.305 e. The second-order valence-electron chi connectivity index (χ2n) is 3.74. The molecule has 0 radical (unpaired) electrons. The Kier molecular flexibility index (Phi) is 2.80. The molecule has 0 fully saturated rings. The molecule has 6 nitrogen and oxygen atoms in total. The van der Waals surface area contributed by atoms with E-state index in [1.54, 1.807) is 0 Å². The number of halogens is 4. The number of hydrogen-bond acceptors (Lipinski definition) is 3. The SMILES string of the molecule is O=c1[nH]c2cc([N+](=O)[O-])c(F)c(CC(F)(F)F)c2[nH]1. The zero-order valence-electron chi connectivity index (χ0n) is 8.97. The van der Waals surface area contributed by atoms with Crippen molar-refractivity contribution in [1.82, 2.24) is 9.97 Å². The molecule has 0 spiro atoms. The molecule has 0 aliphatic rings. The summed E-state index contributed by atoms with van der Waals surface area (Å²) in [7, 11) is 0. The molecule has 0 aliphatic heterocycles.